The largest absolute Gasteiger partial charge is 0.491 e. The van der Waals surface area contributed by atoms with E-state index in [-0.39, 0.29) is 0 Å². The van der Waals surface area contributed by atoms with E-state index < -0.39 is 0 Å². The molecule has 0 aliphatic heterocycles. The third-order valence-corrected chi connectivity index (χ3v) is 3.15. The van der Waals surface area contributed by atoms with E-state index in [4.69, 9.17) is 14.9 Å². The van der Waals surface area contributed by atoms with Crippen molar-refractivity contribution in [2.45, 2.75) is 26.8 Å². The molecule has 1 aromatic carbocycles. The first-order valence-corrected chi connectivity index (χ1v) is 7.04. The van der Waals surface area contributed by atoms with Crippen LogP contribution in [0, 0.1) is 0 Å². The Morgan fingerprint density at radius 3 is 2.70 bits per heavy atom. The standard InChI is InChI=1S/C16H22N2O2/c1-3-10-20-15-9-5-8-14(16(15)17)18(4-2)12-13-7-6-11-19-13/h5-9,11H,3-4,10,12,17H2,1-2H3. The highest BCUT2D eigenvalue weighted by Crippen LogP contribution is 2.33. The fourth-order valence-corrected chi connectivity index (χ4v) is 2.10. The molecule has 0 saturated carbocycles. The molecule has 0 spiro atoms. The summed E-state index contributed by atoms with van der Waals surface area (Å²) in [5, 5.41) is 0. The number of rotatable bonds is 7. The van der Waals surface area contributed by atoms with Gasteiger partial charge in [0.25, 0.3) is 0 Å². The smallest absolute Gasteiger partial charge is 0.144 e. The summed E-state index contributed by atoms with van der Waals surface area (Å²) in [5.41, 5.74) is 7.91. The van der Waals surface area contributed by atoms with Crippen LogP contribution in [-0.2, 0) is 6.54 Å². The summed E-state index contributed by atoms with van der Waals surface area (Å²) in [5.74, 6) is 1.67. The second-order valence-corrected chi connectivity index (χ2v) is 4.63. The lowest BCUT2D eigenvalue weighted by molar-refractivity contribution is 0.319. The minimum absolute atomic E-state index is 0.679. The van der Waals surface area contributed by atoms with E-state index in [1.165, 1.54) is 0 Å². The maximum atomic E-state index is 6.23. The van der Waals surface area contributed by atoms with Crippen LogP contribution in [0.5, 0.6) is 5.75 Å². The fourth-order valence-electron chi connectivity index (χ4n) is 2.10. The summed E-state index contributed by atoms with van der Waals surface area (Å²) < 4.78 is 11.1. The lowest BCUT2D eigenvalue weighted by Gasteiger charge is -2.24. The van der Waals surface area contributed by atoms with Crippen LogP contribution in [0.25, 0.3) is 0 Å². The minimum Gasteiger partial charge on any atom is -0.491 e. The van der Waals surface area contributed by atoms with Crippen molar-refractivity contribution in [3.63, 3.8) is 0 Å². The number of para-hydroxylation sites is 1. The van der Waals surface area contributed by atoms with E-state index in [0.29, 0.717) is 18.8 Å². The summed E-state index contributed by atoms with van der Waals surface area (Å²) in [6.07, 6.45) is 2.65. The van der Waals surface area contributed by atoms with Gasteiger partial charge in [0.2, 0.25) is 0 Å². The normalized spacial score (nSPS) is 10.5. The molecule has 20 heavy (non-hydrogen) atoms. The number of hydrogen-bond acceptors (Lipinski definition) is 4. The highest BCUT2D eigenvalue weighted by atomic mass is 16.5. The summed E-state index contributed by atoms with van der Waals surface area (Å²) in [4.78, 5) is 2.17. The zero-order valence-electron chi connectivity index (χ0n) is 12.1. The van der Waals surface area contributed by atoms with E-state index in [0.717, 1.165) is 30.2 Å². The Morgan fingerprint density at radius 1 is 1.20 bits per heavy atom. The molecule has 0 bridgehead atoms. The van der Waals surface area contributed by atoms with Crippen LogP contribution < -0.4 is 15.4 Å². The number of anilines is 2. The molecule has 2 aromatic rings. The predicted octanol–water partition coefficient (Wildman–Crippen LogP) is 3.68. The first-order valence-electron chi connectivity index (χ1n) is 7.04. The maximum Gasteiger partial charge on any atom is 0.144 e. The third-order valence-electron chi connectivity index (χ3n) is 3.15. The Balaban J connectivity index is 2.20. The minimum atomic E-state index is 0.679. The van der Waals surface area contributed by atoms with Crippen molar-refractivity contribution in [1.82, 2.24) is 0 Å². The Labute approximate surface area is 120 Å². The molecule has 2 rings (SSSR count). The van der Waals surface area contributed by atoms with Crippen molar-refractivity contribution in [2.75, 3.05) is 23.8 Å². The average Bonchev–Trinajstić information content (AvgIpc) is 2.97. The quantitative estimate of drug-likeness (QED) is 0.783. The molecule has 0 amide bonds. The number of ether oxygens (including phenoxy) is 1. The van der Waals surface area contributed by atoms with Crippen LogP contribution in [0.4, 0.5) is 11.4 Å². The van der Waals surface area contributed by atoms with Crippen LogP contribution in [0.2, 0.25) is 0 Å². The molecule has 4 heteroatoms. The van der Waals surface area contributed by atoms with Crippen molar-refractivity contribution >= 4 is 11.4 Å². The van der Waals surface area contributed by atoms with Gasteiger partial charge in [-0.1, -0.05) is 13.0 Å². The van der Waals surface area contributed by atoms with Crippen molar-refractivity contribution in [3.05, 3.63) is 42.4 Å². The van der Waals surface area contributed by atoms with Gasteiger partial charge in [-0.05, 0) is 37.6 Å². The summed E-state index contributed by atoms with van der Waals surface area (Å²) in [6.45, 7) is 6.41. The highest BCUT2D eigenvalue weighted by molar-refractivity contribution is 5.74. The molecule has 0 radical (unpaired) electrons. The molecular weight excluding hydrogens is 252 g/mol. The number of nitrogen functional groups attached to an aromatic ring is 1. The lowest BCUT2D eigenvalue weighted by Crippen LogP contribution is -2.23. The molecule has 0 atom stereocenters. The van der Waals surface area contributed by atoms with E-state index in [2.05, 4.69) is 18.7 Å². The van der Waals surface area contributed by atoms with Gasteiger partial charge in [0, 0.05) is 6.54 Å². The number of furan rings is 1. The van der Waals surface area contributed by atoms with Crippen molar-refractivity contribution in [2.24, 2.45) is 0 Å². The van der Waals surface area contributed by atoms with E-state index in [1.54, 1.807) is 6.26 Å². The van der Waals surface area contributed by atoms with Gasteiger partial charge in [0.1, 0.15) is 11.5 Å². The first-order chi connectivity index (χ1) is 9.76. The monoisotopic (exact) mass is 274 g/mol. The molecule has 0 saturated heterocycles. The summed E-state index contributed by atoms with van der Waals surface area (Å²) >= 11 is 0. The number of nitrogens with zero attached hydrogens (tertiary/aromatic N) is 1. The zero-order chi connectivity index (χ0) is 14.4. The van der Waals surface area contributed by atoms with Gasteiger partial charge in [0.15, 0.2) is 0 Å². The zero-order valence-corrected chi connectivity index (χ0v) is 12.1. The second-order valence-electron chi connectivity index (χ2n) is 4.63. The van der Waals surface area contributed by atoms with E-state index >= 15 is 0 Å². The van der Waals surface area contributed by atoms with Gasteiger partial charge in [-0.3, -0.25) is 0 Å². The number of hydrogen-bond donors (Lipinski definition) is 1. The van der Waals surface area contributed by atoms with Gasteiger partial charge in [-0.25, -0.2) is 0 Å². The van der Waals surface area contributed by atoms with Crippen LogP contribution in [0.1, 0.15) is 26.0 Å². The van der Waals surface area contributed by atoms with Gasteiger partial charge in [0.05, 0.1) is 30.8 Å². The Morgan fingerprint density at radius 2 is 2.05 bits per heavy atom. The Bertz CT molecular complexity index is 523. The van der Waals surface area contributed by atoms with Gasteiger partial charge in [-0.15, -0.1) is 0 Å². The summed E-state index contributed by atoms with van der Waals surface area (Å²) in [6, 6.07) is 9.76. The van der Waals surface area contributed by atoms with Gasteiger partial charge < -0.3 is 19.8 Å². The molecule has 4 nitrogen and oxygen atoms in total. The topological polar surface area (TPSA) is 51.6 Å². The number of benzene rings is 1. The SMILES string of the molecule is CCCOc1cccc(N(CC)Cc2ccco2)c1N. The van der Waals surface area contributed by atoms with Crippen LogP contribution in [-0.4, -0.2) is 13.2 Å². The summed E-state index contributed by atoms with van der Waals surface area (Å²) in [7, 11) is 0. The molecule has 1 heterocycles. The van der Waals surface area contributed by atoms with Crippen LogP contribution in [0.15, 0.2) is 41.0 Å². The molecule has 0 unspecified atom stereocenters. The van der Waals surface area contributed by atoms with Crippen molar-refractivity contribution in [3.8, 4) is 5.75 Å². The molecule has 108 valence electrons. The van der Waals surface area contributed by atoms with E-state index in [1.807, 2.05) is 30.3 Å². The molecular formula is C16H22N2O2. The second kappa shape index (κ2) is 6.89. The van der Waals surface area contributed by atoms with E-state index in [9.17, 15) is 0 Å². The molecule has 0 aliphatic carbocycles. The molecule has 1 aromatic heterocycles. The Hall–Kier alpha value is -2.10. The third kappa shape index (κ3) is 3.26. The molecule has 2 N–H and O–H groups in total. The number of nitrogens with two attached hydrogens (primary N) is 1. The van der Waals surface area contributed by atoms with Gasteiger partial charge in [-0.2, -0.15) is 0 Å². The highest BCUT2D eigenvalue weighted by Gasteiger charge is 2.13. The van der Waals surface area contributed by atoms with Gasteiger partial charge >= 0.3 is 0 Å². The Kier molecular flexibility index (Phi) is 4.93. The lowest BCUT2D eigenvalue weighted by atomic mass is 10.2. The van der Waals surface area contributed by atoms with Crippen LogP contribution >= 0.6 is 0 Å². The van der Waals surface area contributed by atoms with Crippen LogP contribution in [0.3, 0.4) is 0 Å². The van der Waals surface area contributed by atoms with Crippen molar-refractivity contribution < 1.29 is 9.15 Å². The first kappa shape index (κ1) is 14.3. The van der Waals surface area contributed by atoms with Crippen molar-refractivity contribution in [1.29, 1.82) is 0 Å². The molecule has 0 aliphatic rings. The molecule has 0 fully saturated rings. The average molecular weight is 274 g/mol. The fraction of sp³-hybridized carbons (Fsp3) is 0.375. The predicted molar refractivity (Wildman–Crippen MR) is 82.1 cm³/mol. The maximum absolute atomic E-state index is 6.23.